The topological polar surface area (TPSA) is 101 Å². The second-order valence-corrected chi connectivity index (χ2v) is 9.35. The van der Waals surface area contributed by atoms with Gasteiger partial charge in [0.25, 0.3) is 0 Å². The summed E-state index contributed by atoms with van der Waals surface area (Å²) >= 11 is 6.60. The predicted octanol–water partition coefficient (Wildman–Crippen LogP) is 4.08. The van der Waals surface area contributed by atoms with Gasteiger partial charge in [0.15, 0.2) is 0 Å². The van der Waals surface area contributed by atoms with Crippen molar-refractivity contribution in [3.63, 3.8) is 0 Å². The number of halogens is 1. The summed E-state index contributed by atoms with van der Waals surface area (Å²) in [7, 11) is 0. The highest BCUT2D eigenvalue weighted by Crippen LogP contribution is 2.49. The summed E-state index contributed by atoms with van der Waals surface area (Å²) in [5.74, 6) is 0.504. The molecule has 3 aliphatic rings. The van der Waals surface area contributed by atoms with Crippen molar-refractivity contribution in [2.24, 2.45) is 11.7 Å². The molecule has 0 radical (unpaired) electrons. The van der Waals surface area contributed by atoms with Crippen LogP contribution in [0.5, 0.6) is 0 Å². The zero-order valence-electron chi connectivity index (χ0n) is 16.9. The molecule has 1 saturated heterocycles. The Morgan fingerprint density at radius 3 is 2.83 bits per heavy atom. The maximum absolute atomic E-state index is 12.4. The Balaban J connectivity index is 1.53. The van der Waals surface area contributed by atoms with E-state index in [2.05, 4.69) is 15.5 Å². The zero-order chi connectivity index (χ0) is 20.9. The normalized spacial score (nSPS) is 23.8. The van der Waals surface area contributed by atoms with Crippen LogP contribution in [0.3, 0.4) is 0 Å². The van der Waals surface area contributed by atoms with Crippen LogP contribution in [-0.2, 0) is 16.9 Å². The minimum Gasteiger partial charge on any atom is -0.459 e. The Kier molecular flexibility index (Phi) is 4.90. The molecule has 2 fully saturated rings. The van der Waals surface area contributed by atoms with E-state index in [4.69, 9.17) is 21.8 Å². The van der Waals surface area contributed by atoms with Gasteiger partial charge < -0.3 is 20.8 Å². The third-order valence-electron chi connectivity index (χ3n) is 6.87. The van der Waals surface area contributed by atoms with Gasteiger partial charge in [0.1, 0.15) is 11.3 Å². The van der Waals surface area contributed by atoms with Crippen molar-refractivity contribution in [3.8, 4) is 0 Å². The van der Waals surface area contributed by atoms with Gasteiger partial charge in [-0.1, -0.05) is 30.9 Å². The fourth-order valence-corrected chi connectivity index (χ4v) is 5.73. The summed E-state index contributed by atoms with van der Waals surface area (Å²) in [4.78, 5) is 26.2. The molecule has 30 heavy (non-hydrogen) atoms. The first-order valence-corrected chi connectivity index (χ1v) is 11.2. The number of anilines is 1. The van der Waals surface area contributed by atoms with E-state index in [1.807, 2.05) is 12.1 Å². The standard InChI is InChI=1S/C22H27ClN4O3/c23-16-10-14-9-15(12-27-8-4-5-13(11-27)20(24)28)30-19(14)17-18(16)25-21(29)26-22(17)6-2-1-3-7-22/h9-10,13H,1-8,11-12H2,(H2,24,28)(H2,25,26,29). The Hall–Kier alpha value is -2.25. The number of nitrogens with two attached hydrogens (primary N) is 1. The highest BCUT2D eigenvalue weighted by atomic mass is 35.5. The van der Waals surface area contributed by atoms with Crippen LogP contribution >= 0.6 is 11.6 Å². The molecule has 160 valence electrons. The molecule has 1 unspecified atom stereocenters. The van der Waals surface area contributed by atoms with Crippen LogP contribution in [0, 0.1) is 5.92 Å². The summed E-state index contributed by atoms with van der Waals surface area (Å²) in [5.41, 5.74) is 7.53. The average molecular weight is 431 g/mol. The molecule has 8 heteroatoms. The van der Waals surface area contributed by atoms with Crippen LogP contribution in [-0.4, -0.2) is 29.9 Å². The van der Waals surface area contributed by atoms with E-state index < -0.39 is 5.54 Å². The average Bonchev–Trinajstić information content (AvgIpc) is 3.10. The Morgan fingerprint density at radius 2 is 2.07 bits per heavy atom. The molecule has 7 nitrogen and oxygen atoms in total. The lowest BCUT2D eigenvalue weighted by Crippen LogP contribution is -2.52. The van der Waals surface area contributed by atoms with Crippen LogP contribution in [0.25, 0.3) is 11.0 Å². The van der Waals surface area contributed by atoms with E-state index in [9.17, 15) is 9.59 Å². The van der Waals surface area contributed by atoms with Gasteiger partial charge in [-0.15, -0.1) is 0 Å². The number of piperidine rings is 1. The van der Waals surface area contributed by atoms with Gasteiger partial charge in [-0.3, -0.25) is 9.69 Å². The van der Waals surface area contributed by atoms with Crippen LogP contribution in [0.15, 0.2) is 16.5 Å². The molecular weight excluding hydrogens is 404 g/mol. The molecule has 2 aliphatic heterocycles. The number of hydrogen-bond donors (Lipinski definition) is 3. The van der Waals surface area contributed by atoms with Gasteiger partial charge in [-0.25, -0.2) is 4.79 Å². The number of benzene rings is 1. The van der Waals surface area contributed by atoms with Crippen LogP contribution in [0.1, 0.15) is 56.3 Å². The zero-order valence-corrected chi connectivity index (χ0v) is 17.7. The molecule has 1 aromatic carbocycles. The number of urea groups is 1. The van der Waals surface area contributed by atoms with Gasteiger partial charge in [0, 0.05) is 17.5 Å². The number of hydrogen-bond acceptors (Lipinski definition) is 4. The van der Waals surface area contributed by atoms with Gasteiger partial charge in [0.2, 0.25) is 5.91 Å². The van der Waals surface area contributed by atoms with Crippen molar-refractivity contribution in [2.45, 2.75) is 57.0 Å². The first-order valence-electron chi connectivity index (χ1n) is 10.8. The number of amides is 3. The van der Waals surface area contributed by atoms with Crippen molar-refractivity contribution in [1.29, 1.82) is 0 Å². The molecule has 1 aliphatic carbocycles. The third-order valence-corrected chi connectivity index (χ3v) is 7.17. The maximum atomic E-state index is 12.4. The summed E-state index contributed by atoms with van der Waals surface area (Å²) < 4.78 is 6.37. The van der Waals surface area contributed by atoms with Crippen LogP contribution in [0.2, 0.25) is 5.02 Å². The minimum absolute atomic E-state index is 0.102. The molecule has 3 amide bonds. The fourth-order valence-electron chi connectivity index (χ4n) is 5.47. The first-order chi connectivity index (χ1) is 14.4. The van der Waals surface area contributed by atoms with Gasteiger partial charge in [-0.05, 0) is 44.4 Å². The number of furan rings is 1. The minimum atomic E-state index is -0.434. The van der Waals surface area contributed by atoms with Crippen molar-refractivity contribution in [2.75, 3.05) is 18.4 Å². The Labute approximate surface area is 180 Å². The Morgan fingerprint density at radius 1 is 1.27 bits per heavy atom. The number of nitrogens with one attached hydrogen (secondary N) is 2. The summed E-state index contributed by atoms with van der Waals surface area (Å²) in [6.07, 6.45) is 6.85. The van der Waals surface area contributed by atoms with Gasteiger partial charge in [0.05, 0.1) is 28.7 Å². The van der Waals surface area contributed by atoms with E-state index >= 15 is 0 Å². The SMILES string of the molecule is NC(=O)C1CCCN(Cc2cc3cc(Cl)c4c(c3o2)C2(CCCCC2)NC(=O)N4)C1. The van der Waals surface area contributed by atoms with Crippen molar-refractivity contribution < 1.29 is 14.0 Å². The highest BCUT2D eigenvalue weighted by Gasteiger charge is 2.43. The predicted molar refractivity (Wildman–Crippen MR) is 115 cm³/mol. The number of primary amides is 1. The number of fused-ring (bicyclic) bond motifs is 4. The van der Waals surface area contributed by atoms with E-state index in [-0.39, 0.29) is 17.9 Å². The van der Waals surface area contributed by atoms with Crippen molar-refractivity contribution in [3.05, 3.63) is 28.5 Å². The number of carbonyl (C=O) groups is 2. The lowest BCUT2D eigenvalue weighted by molar-refractivity contribution is -0.123. The van der Waals surface area contributed by atoms with Crippen molar-refractivity contribution >= 4 is 40.2 Å². The summed E-state index contributed by atoms with van der Waals surface area (Å²) in [6.45, 7) is 2.20. The summed E-state index contributed by atoms with van der Waals surface area (Å²) in [5, 5.41) is 7.57. The van der Waals surface area contributed by atoms with E-state index in [0.29, 0.717) is 23.8 Å². The lowest BCUT2D eigenvalue weighted by Gasteiger charge is -2.42. The van der Waals surface area contributed by atoms with Gasteiger partial charge >= 0.3 is 6.03 Å². The monoisotopic (exact) mass is 430 g/mol. The van der Waals surface area contributed by atoms with Gasteiger partial charge in [-0.2, -0.15) is 0 Å². The molecule has 2 aromatic rings. The number of nitrogens with zero attached hydrogens (tertiary/aromatic N) is 1. The fraction of sp³-hybridized carbons (Fsp3) is 0.545. The Bertz CT molecular complexity index is 1010. The molecule has 0 bridgehead atoms. The number of likely N-dealkylation sites (tertiary alicyclic amines) is 1. The maximum Gasteiger partial charge on any atom is 0.319 e. The quantitative estimate of drug-likeness (QED) is 0.682. The molecule has 1 aromatic heterocycles. The number of carbonyl (C=O) groups excluding carboxylic acids is 2. The molecule has 3 heterocycles. The third kappa shape index (κ3) is 3.34. The molecule has 5 rings (SSSR count). The molecule has 1 saturated carbocycles. The lowest BCUT2D eigenvalue weighted by atomic mass is 9.74. The first kappa shape index (κ1) is 19.7. The molecule has 1 spiro atoms. The molecule has 1 atom stereocenters. The number of rotatable bonds is 3. The summed E-state index contributed by atoms with van der Waals surface area (Å²) in [6, 6.07) is 3.69. The second-order valence-electron chi connectivity index (χ2n) is 8.94. The van der Waals surface area contributed by atoms with Crippen LogP contribution in [0.4, 0.5) is 10.5 Å². The molecule has 4 N–H and O–H groups in total. The largest absolute Gasteiger partial charge is 0.459 e. The van der Waals surface area contributed by atoms with Crippen LogP contribution < -0.4 is 16.4 Å². The van der Waals surface area contributed by atoms with E-state index in [0.717, 1.165) is 67.4 Å². The van der Waals surface area contributed by atoms with E-state index in [1.165, 1.54) is 6.42 Å². The van der Waals surface area contributed by atoms with Crippen molar-refractivity contribution in [1.82, 2.24) is 10.2 Å². The smallest absolute Gasteiger partial charge is 0.319 e. The molecular formula is C22H27ClN4O3. The second kappa shape index (κ2) is 7.46. The highest BCUT2D eigenvalue weighted by molar-refractivity contribution is 6.35. The van der Waals surface area contributed by atoms with E-state index in [1.54, 1.807) is 0 Å².